The first-order valence-corrected chi connectivity index (χ1v) is 17.7. The zero-order valence-corrected chi connectivity index (χ0v) is 29.1. The first-order chi connectivity index (χ1) is 23.8. The second-order valence-electron chi connectivity index (χ2n) is 13.4. The van der Waals surface area contributed by atoms with E-state index in [1.165, 1.54) is 11.1 Å². The van der Waals surface area contributed by atoms with Gasteiger partial charge in [-0.05, 0) is 79.5 Å². The zero-order valence-electron chi connectivity index (χ0n) is 29.1. The molecule has 1 atom stereocenters. The maximum atomic E-state index is 13.1. The molecule has 0 radical (unpaired) electrons. The number of carbonyl (C=O) groups is 2. The number of aromatic nitrogens is 3. The Hall–Kier alpha value is -4.32. The molecule has 260 valence electrons. The van der Waals surface area contributed by atoms with Crippen LogP contribution in [0.25, 0.3) is 22.2 Å². The maximum absolute atomic E-state index is 13.1. The van der Waals surface area contributed by atoms with Crippen LogP contribution in [-0.4, -0.2) is 69.9 Å². The molecule has 11 heteroatoms. The summed E-state index contributed by atoms with van der Waals surface area (Å²) in [5.74, 6) is -0.652. The fourth-order valence-corrected chi connectivity index (χ4v) is 6.95. The lowest BCUT2D eigenvalue weighted by Gasteiger charge is -2.26. The first-order valence-electron chi connectivity index (χ1n) is 17.7. The highest BCUT2D eigenvalue weighted by molar-refractivity contribution is 5.97. The number of anilines is 1. The van der Waals surface area contributed by atoms with Crippen molar-refractivity contribution in [3.05, 3.63) is 76.6 Å². The van der Waals surface area contributed by atoms with Crippen molar-refractivity contribution in [1.82, 2.24) is 30.3 Å². The molecule has 49 heavy (non-hydrogen) atoms. The predicted octanol–water partition coefficient (Wildman–Crippen LogP) is 4.44. The van der Waals surface area contributed by atoms with Crippen molar-refractivity contribution in [2.45, 2.75) is 91.1 Å². The molecule has 2 saturated heterocycles. The molecule has 4 aromatic rings. The Morgan fingerprint density at radius 1 is 1.00 bits per heavy atom. The van der Waals surface area contributed by atoms with Gasteiger partial charge in [-0.3, -0.25) is 14.5 Å². The second kappa shape index (κ2) is 15.9. The SMILES string of the molecule is CCc1nc2c(cnn2CC)c(NC2CCOCC2)c1CNC(=O)CC(=O)NCc1ccc(C)c(-c2cccc(CN3CC[C@H](N)C3)c2)c1. The van der Waals surface area contributed by atoms with Crippen LogP contribution in [0.5, 0.6) is 0 Å². The van der Waals surface area contributed by atoms with Crippen molar-refractivity contribution >= 4 is 28.5 Å². The molecule has 2 aromatic heterocycles. The predicted molar refractivity (Wildman–Crippen MR) is 193 cm³/mol. The van der Waals surface area contributed by atoms with Crippen molar-refractivity contribution in [3.63, 3.8) is 0 Å². The molecule has 0 saturated carbocycles. The summed E-state index contributed by atoms with van der Waals surface area (Å²) in [4.78, 5) is 33.3. The minimum absolute atomic E-state index is 0.255. The lowest BCUT2D eigenvalue weighted by molar-refractivity contribution is -0.129. The molecule has 0 spiro atoms. The van der Waals surface area contributed by atoms with Gasteiger partial charge in [0.1, 0.15) is 6.42 Å². The third kappa shape index (κ3) is 8.46. The van der Waals surface area contributed by atoms with E-state index < -0.39 is 0 Å². The van der Waals surface area contributed by atoms with E-state index in [1.54, 1.807) is 0 Å². The minimum atomic E-state index is -0.332. The highest BCUT2D eigenvalue weighted by Crippen LogP contribution is 2.31. The summed E-state index contributed by atoms with van der Waals surface area (Å²) < 4.78 is 7.47. The number of aryl methyl sites for hydroxylation is 3. The van der Waals surface area contributed by atoms with E-state index in [4.69, 9.17) is 15.5 Å². The molecular weight excluding hydrogens is 616 g/mol. The van der Waals surface area contributed by atoms with Crippen molar-refractivity contribution < 1.29 is 14.3 Å². The van der Waals surface area contributed by atoms with Gasteiger partial charge in [-0.2, -0.15) is 5.10 Å². The van der Waals surface area contributed by atoms with Gasteiger partial charge < -0.3 is 26.4 Å². The highest BCUT2D eigenvalue weighted by Gasteiger charge is 2.23. The summed E-state index contributed by atoms with van der Waals surface area (Å²) in [6.45, 7) is 11.8. The van der Waals surface area contributed by atoms with Crippen molar-refractivity contribution in [2.24, 2.45) is 5.73 Å². The van der Waals surface area contributed by atoms with Crippen LogP contribution in [0, 0.1) is 6.92 Å². The van der Waals surface area contributed by atoms with E-state index >= 15 is 0 Å². The summed E-state index contributed by atoms with van der Waals surface area (Å²) in [6, 6.07) is 15.4. The zero-order chi connectivity index (χ0) is 34.3. The van der Waals surface area contributed by atoms with E-state index in [-0.39, 0.29) is 36.9 Å². The number of hydrogen-bond donors (Lipinski definition) is 4. The van der Waals surface area contributed by atoms with Gasteiger partial charge in [-0.15, -0.1) is 0 Å². The number of nitrogens with two attached hydrogens (primary N) is 1. The Morgan fingerprint density at radius 3 is 2.53 bits per heavy atom. The van der Waals surface area contributed by atoms with Gasteiger partial charge in [0.25, 0.3) is 0 Å². The average Bonchev–Trinajstić information content (AvgIpc) is 3.72. The largest absolute Gasteiger partial charge is 0.381 e. The lowest BCUT2D eigenvalue weighted by atomic mass is 9.96. The molecule has 0 bridgehead atoms. The number of carbonyl (C=O) groups excluding carboxylic acids is 2. The van der Waals surface area contributed by atoms with Crippen LogP contribution in [0.15, 0.2) is 48.7 Å². The fraction of sp³-hybridized carbons (Fsp3) is 0.474. The number of nitrogens with one attached hydrogen (secondary N) is 3. The van der Waals surface area contributed by atoms with Crippen LogP contribution in [-0.2, 0) is 46.9 Å². The quantitative estimate of drug-likeness (QED) is 0.154. The van der Waals surface area contributed by atoms with Crippen LogP contribution < -0.4 is 21.7 Å². The number of rotatable bonds is 13. The first kappa shape index (κ1) is 34.5. The molecule has 0 aliphatic carbocycles. The van der Waals surface area contributed by atoms with Crippen LogP contribution >= 0.6 is 0 Å². The molecule has 11 nitrogen and oxygen atoms in total. The van der Waals surface area contributed by atoms with Crippen molar-refractivity contribution in [1.29, 1.82) is 0 Å². The number of fused-ring (bicyclic) bond motifs is 1. The number of likely N-dealkylation sites (tertiary alicyclic amines) is 1. The smallest absolute Gasteiger partial charge is 0.229 e. The van der Waals surface area contributed by atoms with Gasteiger partial charge in [0.15, 0.2) is 5.65 Å². The number of nitrogens with zero attached hydrogens (tertiary/aromatic N) is 4. The van der Waals surface area contributed by atoms with Gasteiger partial charge >= 0.3 is 0 Å². The molecule has 2 aromatic carbocycles. The molecule has 2 aliphatic heterocycles. The molecule has 6 rings (SSSR count). The topological polar surface area (TPSA) is 139 Å². The lowest BCUT2D eigenvalue weighted by Crippen LogP contribution is -2.32. The number of hydrogen-bond acceptors (Lipinski definition) is 8. The number of ether oxygens (including phenoxy) is 1. The third-order valence-electron chi connectivity index (χ3n) is 9.70. The summed E-state index contributed by atoms with van der Waals surface area (Å²) in [5.41, 5.74) is 15.4. The van der Waals surface area contributed by atoms with E-state index in [2.05, 4.69) is 76.2 Å². The van der Waals surface area contributed by atoms with Crippen molar-refractivity contribution in [2.75, 3.05) is 31.6 Å². The van der Waals surface area contributed by atoms with Crippen molar-refractivity contribution in [3.8, 4) is 11.1 Å². The molecule has 2 fully saturated rings. The Morgan fingerprint density at radius 2 is 1.80 bits per heavy atom. The van der Waals surface area contributed by atoms with Crippen LogP contribution in [0.1, 0.15) is 67.5 Å². The van der Waals surface area contributed by atoms with E-state index in [0.717, 1.165) is 83.6 Å². The monoisotopic (exact) mass is 666 g/mol. The van der Waals surface area contributed by atoms with E-state index in [0.29, 0.717) is 32.7 Å². The second-order valence-corrected chi connectivity index (χ2v) is 13.4. The molecular formula is C38H50N8O3. The number of amides is 2. The number of pyridine rings is 1. The standard InChI is InChI=1S/C38H50N8O3/c1-4-34-32(37(43-30-12-15-49-16-13-30)33-22-42-46(5-2)38(33)44-34)21-41-36(48)19-35(47)40-20-26-10-9-25(3)31(18-26)28-8-6-7-27(17-28)23-45-14-11-29(39)24-45/h6-10,17-18,22,29-30H,4-5,11-16,19-21,23-24,39H2,1-3H3,(H,40,47)(H,41,48)(H,43,44)/t29-/m0/s1. The third-order valence-corrected chi connectivity index (χ3v) is 9.70. The average molecular weight is 667 g/mol. The summed E-state index contributed by atoms with van der Waals surface area (Å²) in [5, 5.41) is 15.2. The Labute approximate surface area is 289 Å². The Balaban J connectivity index is 1.08. The fourth-order valence-electron chi connectivity index (χ4n) is 6.95. The van der Waals surface area contributed by atoms with Gasteiger partial charge in [-0.25, -0.2) is 9.67 Å². The Kier molecular flexibility index (Phi) is 11.2. The number of benzene rings is 2. The Bertz CT molecular complexity index is 1780. The van der Waals surface area contributed by atoms with E-state index in [9.17, 15) is 9.59 Å². The van der Waals surface area contributed by atoms with Gasteiger partial charge in [-0.1, -0.05) is 37.3 Å². The van der Waals surface area contributed by atoms with Crippen LogP contribution in [0.4, 0.5) is 5.69 Å². The van der Waals surface area contributed by atoms with Crippen LogP contribution in [0.2, 0.25) is 0 Å². The van der Waals surface area contributed by atoms with Gasteiger partial charge in [0, 0.05) is 75.8 Å². The van der Waals surface area contributed by atoms with Gasteiger partial charge in [0.2, 0.25) is 11.8 Å². The summed E-state index contributed by atoms with van der Waals surface area (Å²) in [6.07, 6.45) is 5.15. The molecule has 4 heterocycles. The minimum Gasteiger partial charge on any atom is -0.381 e. The van der Waals surface area contributed by atoms with E-state index in [1.807, 2.05) is 23.9 Å². The molecule has 2 amide bonds. The maximum Gasteiger partial charge on any atom is 0.229 e. The molecule has 5 N–H and O–H groups in total. The summed E-state index contributed by atoms with van der Waals surface area (Å²) in [7, 11) is 0. The normalized spacial score (nSPS) is 17.0. The molecule has 0 unspecified atom stereocenters. The van der Waals surface area contributed by atoms with Crippen LogP contribution in [0.3, 0.4) is 0 Å². The highest BCUT2D eigenvalue weighted by atomic mass is 16.5. The van der Waals surface area contributed by atoms with Gasteiger partial charge in [0.05, 0.1) is 17.3 Å². The molecule has 2 aliphatic rings. The summed E-state index contributed by atoms with van der Waals surface area (Å²) >= 11 is 0.